The maximum absolute atomic E-state index is 12.6. The molecule has 0 saturated carbocycles. The van der Waals surface area contributed by atoms with E-state index in [1.54, 1.807) is 6.07 Å². The molecule has 0 aliphatic carbocycles. The molecule has 9 heteroatoms. The SMILES string of the molecule is CCCCN1C(=O)c2ccc(C(=O)Nc3nc(N4CCCCC4)n[nH]3)cc2C1=O. The number of unbranched alkanes of at least 4 members (excludes halogenated alkanes) is 1. The van der Waals surface area contributed by atoms with E-state index in [1.807, 2.05) is 6.92 Å². The summed E-state index contributed by atoms with van der Waals surface area (Å²) in [4.78, 5) is 45.3. The number of carbonyl (C=O) groups is 3. The summed E-state index contributed by atoms with van der Waals surface area (Å²) in [5.74, 6) is -0.238. The van der Waals surface area contributed by atoms with Crippen molar-refractivity contribution in [1.82, 2.24) is 20.1 Å². The van der Waals surface area contributed by atoms with Gasteiger partial charge in [-0.25, -0.2) is 5.10 Å². The number of nitrogens with zero attached hydrogens (tertiary/aromatic N) is 4. The van der Waals surface area contributed by atoms with E-state index < -0.39 is 5.91 Å². The van der Waals surface area contributed by atoms with Crippen LogP contribution < -0.4 is 10.2 Å². The molecule has 152 valence electrons. The summed E-state index contributed by atoms with van der Waals surface area (Å²) in [6.45, 7) is 4.20. The van der Waals surface area contributed by atoms with Crippen LogP contribution in [0.2, 0.25) is 0 Å². The Morgan fingerprint density at radius 2 is 1.90 bits per heavy atom. The number of imide groups is 1. The Balaban J connectivity index is 1.47. The van der Waals surface area contributed by atoms with Crippen molar-refractivity contribution in [1.29, 1.82) is 0 Å². The number of piperidine rings is 1. The number of fused-ring (bicyclic) bond motifs is 1. The van der Waals surface area contributed by atoms with E-state index in [-0.39, 0.29) is 28.9 Å². The van der Waals surface area contributed by atoms with E-state index in [0.29, 0.717) is 18.1 Å². The number of benzene rings is 1. The molecule has 2 aliphatic heterocycles. The number of carbonyl (C=O) groups excluding carboxylic acids is 3. The number of amides is 3. The van der Waals surface area contributed by atoms with E-state index in [1.165, 1.54) is 23.5 Å². The maximum Gasteiger partial charge on any atom is 0.261 e. The molecule has 1 aromatic carbocycles. The highest BCUT2D eigenvalue weighted by atomic mass is 16.2. The molecule has 0 radical (unpaired) electrons. The lowest BCUT2D eigenvalue weighted by atomic mass is 10.1. The molecule has 2 aliphatic rings. The Kier molecular flexibility index (Phi) is 5.28. The van der Waals surface area contributed by atoms with Crippen molar-refractivity contribution in [2.24, 2.45) is 0 Å². The summed E-state index contributed by atoms with van der Waals surface area (Å²) in [6, 6.07) is 4.55. The minimum absolute atomic E-state index is 0.253. The van der Waals surface area contributed by atoms with Gasteiger partial charge in [-0.05, 0) is 43.9 Å². The zero-order valence-corrected chi connectivity index (χ0v) is 16.4. The number of anilines is 2. The van der Waals surface area contributed by atoms with Crippen LogP contribution in [0.4, 0.5) is 11.9 Å². The fourth-order valence-electron chi connectivity index (χ4n) is 3.68. The minimum atomic E-state index is -0.415. The number of nitrogens with one attached hydrogen (secondary N) is 2. The molecule has 3 heterocycles. The monoisotopic (exact) mass is 396 g/mol. The fourth-order valence-corrected chi connectivity index (χ4v) is 3.68. The van der Waals surface area contributed by atoms with Crippen LogP contribution in [0.1, 0.15) is 70.1 Å². The van der Waals surface area contributed by atoms with Crippen molar-refractivity contribution in [2.45, 2.75) is 39.0 Å². The summed E-state index contributed by atoms with van der Waals surface area (Å²) in [7, 11) is 0. The number of aromatic amines is 1. The molecular formula is C20H24N6O3. The second kappa shape index (κ2) is 8.02. The first kappa shape index (κ1) is 19.1. The molecule has 2 N–H and O–H groups in total. The van der Waals surface area contributed by atoms with Gasteiger partial charge in [0.2, 0.25) is 11.9 Å². The van der Waals surface area contributed by atoms with Crippen LogP contribution in [0, 0.1) is 0 Å². The molecule has 29 heavy (non-hydrogen) atoms. The number of H-pyrrole nitrogens is 1. The van der Waals surface area contributed by atoms with Crippen molar-refractivity contribution in [3.05, 3.63) is 34.9 Å². The van der Waals surface area contributed by atoms with Crippen molar-refractivity contribution in [3.63, 3.8) is 0 Å². The third kappa shape index (κ3) is 3.72. The predicted octanol–water partition coefficient (Wildman–Crippen LogP) is 2.44. The molecule has 9 nitrogen and oxygen atoms in total. The summed E-state index contributed by atoms with van der Waals surface area (Å²) >= 11 is 0. The Hall–Kier alpha value is -3.23. The Morgan fingerprint density at radius 3 is 2.66 bits per heavy atom. The molecular weight excluding hydrogens is 372 g/mol. The first-order chi connectivity index (χ1) is 14.1. The first-order valence-corrected chi connectivity index (χ1v) is 10.1. The highest BCUT2D eigenvalue weighted by molar-refractivity contribution is 6.22. The predicted molar refractivity (Wildman–Crippen MR) is 107 cm³/mol. The van der Waals surface area contributed by atoms with E-state index in [2.05, 4.69) is 25.4 Å². The van der Waals surface area contributed by atoms with Gasteiger partial charge < -0.3 is 4.90 Å². The third-order valence-corrected chi connectivity index (χ3v) is 5.31. The number of aromatic nitrogens is 3. The average Bonchev–Trinajstić information content (AvgIpc) is 3.30. The highest BCUT2D eigenvalue weighted by Gasteiger charge is 2.35. The topological polar surface area (TPSA) is 111 Å². The molecule has 0 bridgehead atoms. The minimum Gasteiger partial charge on any atom is -0.340 e. The van der Waals surface area contributed by atoms with E-state index in [9.17, 15) is 14.4 Å². The molecule has 0 unspecified atom stereocenters. The quantitative estimate of drug-likeness (QED) is 0.726. The van der Waals surface area contributed by atoms with Crippen LogP contribution in [0.15, 0.2) is 18.2 Å². The zero-order valence-electron chi connectivity index (χ0n) is 16.4. The average molecular weight is 396 g/mol. The molecule has 0 atom stereocenters. The Morgan fingerprint density at radius 1 is 1.14 bits per heavy atom. The van der Waals surface area contributed by atoms with E-state index in [4.69, 9.17) is 0 Å². The summed E-state index contributed by atoms with van der Waals surface area (Å²) in [5, 5.41) is 9.59. The van der Waals surface area contributed by atoms with Gasteiger partial charge in [-0.3, -0.25) is 24.6 Å². The van der Waals surface area contributed by atoms with Gasteiger partial charge in [0.1, 0.15) is 0 Å². The smallest absolute Gasteiger partial charge is 0.261 e. The molecule has 0 spiro atoms. The first-order valence-electron chi connectivity index (χ1n) is 10.1. The zero-order chi connectivity index (χ0) is 20.4. The van der Waals surface area contributed by atoms with Crippen LogP contribution in [0.25, 0.3) is 0 Å². The standard InChI is InChI=1S/C20H24N6O3/c1-2-3-11-26-17(28)14-8-7-13(12-15(14)18(26)29)16(27)21-19-22-20(24-23-19)25-9-5-4-6-10-25/h7-8,12H,2-6,9-11H2,1H3,(H2,21,22,23,24,27). The van der Waals surface area contributed by atoms with Gasteiger partial charge in [-0.15, -0.1) is 5.10 Å². The lowest BCUT2D eigenvalue weighted by Gasteiger charge is -2.24. The number of hydrogen-bond acceptors (Lipinski definition) is 6. The maximum atomic E-state index is 12.6. The van der Waals surface area contributed by atoms with E-state index in [0.717, 1.165) is 38.8 Å². The van der Waals surface area contributed by atoms with Gasteiger partial charge in [-0.1, -0.05) is 13.3 Å². The van der Waals surface area contributed by atoms with Gasteiger partial charge in [0.15, 0.2) is 0 Å². The largest absolute Gasteiger partial charge is 0.340 e. The normalized spacial score (nSPS) is 16.3. The highest BCUT2D eigenvalue weighted by Crippen LogP contribution is 2.25. The second-order valence-electron chi connectivity index (χ2n) is 7.36. The lowest BCUT2D eigenvalue weighted by molar-refractivity contribution is 0.0652. The van der Waals surface area contributed by atoms with Crippen LogP contribution in [0.3, 0.4) is 0 Å². The van der Waals surface area contributed by atoms with Crippen LogP contribution in [0.5, 0.6) is 0 Å². The molecule has 1 aromatic heterocycles. The van der Waals surface area contributed by atoms with Gasteiger partial charge in [0, 0.05) is 25.2 Å². The molecule has 1 saturated heterocycles. The van der Waals surface area contributed by atoms with Gasteiger partial charge in [0.05, 0.1) is 11.1 Å². The van der Waals surface area contributed by atoms with Crippen molar-refractivity contribution in [3.8, 4) is 0 Å². The van der Waals surface area contributed by atoms with Crippen molar-refractivity contribution >= 4 is 29.6 Å². The van der Waals surface area contributed by atoms with Gasteiger partial charge in [0.25, 0.3) is 17.7 Å². The third-order valence-electron chi connectivity index (χ3n) is 5.31. The number of rotatable bonds is 6. The summed E-state index contributed by atoms with van der Waals surface area (Å²) in [5.41, 5.74) is 0.901. The van der Waals surface area contributed by atoms with Gasteiger partial charge >= 0.3 is 0 Å². The van der Waals surface area contributed by atoms with Crippen LogP contribution >= 0.6 is 0 Å². The lowest BCUT2D eigenvalue weighted by Crippen LogP contribution is -2.30. The summed E-state index contributed by atoms with van der Waals surface area (Å²) < 4.78 is 0. The second-order valence-corrected chi connectivity index (χ2v) is 7.36. The van der Waals surface area contributed by atoms with E-state index >= 15 is 0 Å². The fraction of sp³-hybridized carbons (Fsp3) is 0.450. The Labute approximate surface area is 168 Å². The van der Waals surface area contributed by atoms with Gasteiger partial charge in [-0.2, -0.15) is 4.98 Å². The molecule has 3 amide bonds. The number of hydrogen-bond donors (Lipinski definition) is 2. The molecule has 1 fully saturated rings. The van der Waals surface area contributed by atoms with Crippen molar-refractivity contribution in [2.75, 3.05) is 29.9 Å². The summed E-state index contributed by atoms with van der Waals surface area (Å²) in [6.07, 6.45) is 5.06. The van der Waals surface area contributed by atoms with Crippen molar-refractivity contribution < 1.29 is 14.4 Å². The van der Waals surface area contributed by atoms with Crippen LogP contribution in [-0.2, 0) is 0 Å². The Bertz CT molecular complexity index is 947. The van der Waals surface area contributed by atoms with Crippen LogP contribution in [-0.4, -0.2) is 57.4 Å². The molecule has 4 rings (SSSR count). The molecule has 2 aromatic rings.